The van der Waals surface area contributed by atoms with Crippen molar-refractivity contribution < 1.29 is 14.9 Å². The Kier molecular flexibility index (Phi) is 19.1. The van der Waals surface area contributed by atoms with Gasteiger partial charge in [0.05, 0.1) is 32.5 Å². The van der Waals surface area contributed by atoms with Gasteiger partial charge in [0.25, 0.3) is 0 Å². The van der Waals surface area contributed by atoms with Gasteiger partial charge in [-0.2, -0.15) is 5.26 Å². The van der Waals surface area contributed by atoms with E-state index in [2.05, 4.69) is 4.74 Å². The molecule has 2 N–H and O–H groups in total. The molecule has 0 aromatic carbocycles. The molecule has 4 nitrogen and oxygen atoms in total. The minimum Gasteiger partial charge on any atom is -0.394 e. The van der Waals surface area contributed by atoms with Crippen LogP contribution in [0.5, 0.6) is 0 Å². The van der Waals surface area contributed by atoms with E-state index in [0.29, 0.717) is 13.2 Å². The van der Waals surface area contributed by atoms with Crippen molar-refractivity contribution in [2.24, 2.45) is 0 Å². The summed E-state index contributed by atoms with van der Waals surface area (Å²) in [5, 5.41) is 23.5. The number of aliphatic hydroxyl groups excluding tert-OH is 2. The number of nitriles is 1. The van der Waals surface area contributed by atoms with Gasteiger partial charge < -0.3 is 14.9 Å². The topological polar surface area (TPSA) is 73.5 Å². The van der Waals surface area contributed by atoms with Gasteiger partial charge in [-0.3, -0.25) is 0 Å². The quantitative estimate of drug-likeness (QED) is 0.526. The highest BCUT2D eigenvalue weighted by atomic mass is 16.5. The van der Waals surface area contributed by atoms with Crippen molar-refractivity contribution in [3.8, 4) is 6.07 Å². The second-order valence-corrected chi connectivity index (χ2v) is 1.28. The van der Waals surface area contributed by atoms with E-state index in [-0.39, 0.29) is 13.2 Å². The van der Waals surface area contributed by atoms with Gasteiger partial charge in [0.15, 0.2) is 0 Å². The Balaban J connectivity index is 0. The summed E-state index contributed by atoms with van der Waals surface area (Å²) in [5.74, 6) is 0. The summed E-state index contributed by atoms with van der Waals surface area (Å²) >= 11 is 0. The second kappa shape index (κ2) is 15.8. The van der Waals surface area contributed by atoms with E-state index in [4.69, 9.17) is 15.5 Å². The first-order chi connectivity index (χ1) is 4.83. The SMILES string of the molecule is CC#N.OCCOCCO. The van der Waals surface area contributed by atoms with Crippen LogP contribution in [0.25, 0.3) is 0 Å². The molecule has 4 heteroatoms. The van der Waals surface area contributed by atoms with Crippen LogP contribution in [0.2, 0.25) is 0 Å². The van der Waals surface area contributed by atoms with E-state index >= 15 is 0 Å². The molecule has 0 rings (SSSR count). The van der Waals surface area contributed by atoms with Gasteiger partial charge in [-0.25, -0.2) is 0 Å². The van der Waals surface area contributed by atoms with E-state index < -0.39 is 0 Å². The van der Waals surface area contributed by atoms with Crippen molar-refractivity contribution in [3.63, 3.8) is 0 Å². The first-order valence-corrected chi connectivity index (χ1v) is 2.93. The van der Waals surface area contributed by atoms with Crippen LogP contribution in [0.1, 0.15) is 6.92 Å². The Morgan fingerprint density at radius 2 is 1.60 bits per heavy atom. The van der Waals surface area contributed by atoms with Crippen molar-refractivity contribution in [2.45, 2.75) is 6.92 Å². The molecular weight excluding hydrogens is 134 g/mol. The normalized spacial score (nSPS) is 7.40. The lowest BCUT2D eigenvalue weighted by Crippen LogP contribution is -2.03. The number of aliphatic hydroxyl groups is 2. The molecule has 0 saturated heterocycles. The zero-order valence-corrected chi connectivity index (χ0v) is 6.08. The number of nitrogens with zero attached hydrogens (tertiary/aromatic N) is 1. The van der Waals surface area contributed by atoms with E-state index in [1.54, 1.807) is 6.07 Å². The first kappa shape index (κ1) is 12.1. The smallest absolute Gasteiger partial charge is 0.0698 e. The summed E-state index contributed by atoms with van der Waals surface area (Å²) in [5.41, 5.74) is 0. The number of rotatable bonds is 4. The maximum absolute atomic E-state index is 8.09. The average molecular weight is 147 g/mol. The third-order valence-corrected chi connectivity index (χ3v) is 0.471. The van der Waals surface area contributed by atoms with Crippen LogP contribution in [0, 0.1) is 11.3 Å². The minimum atomic E-state index is 0.0278. The lowest BCUT2D eigenvalue weighted by Gasteiger charge is -1.94. The number of hydrogen-bond acceptors (Lipinski definition) is 4. The molecule has 0 radical (unpaired) electrons. The third-order valence-electron chi connectivity index (χ3n) is 0.471. The molecule has 0 aliphatic carbocycles. The Labute approximate surface area is 60.7 Å². The molecule has 0 atom stereocenters. The van der Waals surface area contributed by atoms with Gasteiger partial charge in [-0.15, -0.1) is 0 Å². The highest BCUT2D eigenvalue weighted by Gasteiger charge is 1.79. The summed E-state index contributed by atoms with van der Waals surface area (Å²) in [6.45, 7) is 2.13. The maximum Gasteiger partial charge on any atom is 0.0698 e. The first-order valence-electron chi connectivity index (χ1n) is 2.93. The maximum atomic E-state index is 8.09. The number of ether oxygens (including phenoxy) is 1. The summed E-state index contributed by atoms with van der Waals surface area (Å²) in [6, 6.07) is 1.75. The molecule has 0 aromatic heterocycles. The predicted octanol–water partition coefficient (Wildman–Crippen LogP) is -0.483. The monoisotopic (exact) mass is 147 g/mol. The van der Waals surface area contributed by atoms with Crippen molar-refractivity contribution in [3.05, 3.63) is 0 Å². The molecule has 0 aliphatic rings. The predicted molar refractivity (Wildman–Crippen MR) is 36.3 cm³/mol. The van der Waals surface area contributed by atoms with E-state index in [1.807, 2.05) is 0 Å². The van der Waals surface area contributed by atoms with Crippen molar-refractivity contribution in [1.29, 1.82) is 5.26 Å². The second-order valence-electron chi connectivity index (χ2n) is 1.28. The standard InChI is InChI=1S/C4H10O3.C2H3N/c5-1-3-7-4-2-6;1-2-3/h5-6H,1-4H2;1H3. The molecule has 0 amide bonds. The lowest BCUT2D eigenvalue weighted by atomic mass is 10.7. The van der Waals surface area contributed by atoms with Crippen molar-refractivity contribution in [1.82, 2.24) is 0 Å². The highest BCUT2D eigenvalue weighted by Crippen LogP contribution is 1.68. The van der Waals surface area contributed by atoms with Crippen LogP contribution in [0.3, 0.4) is 0 Å². The molecule has 0 aromatic rings. The summed E-state index contributed by atoms with van der Waals surface area (Å²) in [7, 11) is 0. The summed E-state index contributed by atoms with van der Waals surface area (Å²) in [4.78, 5) is 0. The average Bonchev–Trinajstić information content (AvgIpc) is 1.91. The largest absolute Gasteiger partial charge is 0.394 e. The van der Waals surface area contributed by atoms with E-state index in [0.717, 1.165) is 0 Å². The van der Waals surface area contributed by atoms with E-state index in [1.165, 1.54) is 6.92 Å². The fraction of sp³-hybridized carbons (Fsp3) is 0.833. The van der Waals surface area contributed by atoms with Crippen LogP contribution >= 0.6 is 0 Å². The minimum absolute atomic E-state index is 0.0278. The zero-order valence-electron chi connectivity index (χ0n) is 6.08. The fourth-order valence-electron chi connectivity index (χ4n) is 0.231. The lowest BCUT2D eigenvalue weighted by molar-refractivity contribution is 0.0650. The molecular formula is C6H13NO3. The Bertz CT molecular complexity index is 75.6. The van der Waals surface area contributed by atoms with E-state index in [9.17, 15) is 0 Å². The molecule has 60 valence electrons. The molecule has 0 heterocycles. The molecule has 0 fully saturated rings. The van der Waals surface area contributed by atoms with Gasteiger partial charge in [0.1, 0.15) is 0 Å². The molecule has 0 spiro atoms. The van der Waals surface area contributed by atoms with Gasteiger partial charge in [-0.05, 0) is 0 Å². The van der Waals surface area contributed by atoms with Crippen LogP contribution in [0.15, 0.2) is 0 Å². The summed E-state index contributed by atoms with van der Waals surface area (Å²) in [6.07, 6.45) is 0. The van der Waals surface area contributed by atoms with Gasteiger partial charge >= 0.3 is 0 Å². The van der Waals surface area contributed by atoms with Crippen LogP contribution in [-0.2, 0) is 4.74 Å². The third kappa shape index (κ3) is 26.3. The van der Waals surface area contributed by atoms with Crippen molar-refractivity contribution >= 4 is 0 Å². The van der Waals surface area contributed by atoms with Crippen LogP contribution < -0.4 is 0 Å². The Morgan fingerprint density at radius 3 is 1.80 bits per heavy atom. The summed E-state index contributed by atoms with van der Waals surface area (Å²) < 4.78 is 4.63. The van der Waals surface area contributed by atoms with Gasteiger partial charge in [0.2, 0.25) is 0 Å². The fourth-order valence-corrected chi connectivity index (χ4v) is 0.231. The zero-order chi connectivity index (χ0) is 8.24. The number of hydrogen-bond donors (Lipinski definition) is 2. The van der Waals surface area contributed by atoms with Gasteiger partial charge in [-0.1, -0.05) is 0 Å². The van der Waals surface area contributed by atoms with Crippen molar-refractivity contribution in [2.75, 3.05) is 26.4 Å². The molecule has 0 bridgehead atoms. The van der Waals surface area contributed by atoms with Crippen LogP contribution in [0.4, 0.5) is 0 Å². The van der Waals surface area contributed by atoms with Gasteiger partial charge in [0, 0.05) is 6.92 Å². The molecule has 0 unspecified atom stereocenters. The molecule has 0 saturated carbocycles. The van der Waals surface area contributed by atoms with Crippen LogP contribution in [-0.4, -0.2) is 36.6 Å². The Morgan fingerprint density at radius 1 is 1.30 bits per heavy atom. The molecule has 0 aliphatic heterocycles. The Hall–Kier alpha value is -0.630. The molecule has 10 heavy (non-hydrogen) atoms. The highest BCUT2D eigenvalue weighted by molar-refractivity contribution is 4.51.